The van der Waals surface area contributed by atoms with Gasteiger partial charge in [0.1, 0.15) is 11.8 Å². The Hall–Kier alpha value is -3.41. The number of piperidine rings is 1. The van der Waals surface area contributed by atoms with Gasteiger partial charge in [0.05, 0.1) is 17.2 Å². The minimum absolute atomic E-state index is 0.0418. The number of aromatic amines is 1. The van der Waals surface area contributed by atoms with Gasteiger partial charge >= 0.3 is 0 Å². The summed E-state index contributed by atoms with van der Waals surface area (Å²) in [4.78, 5) is 26.8. The summed E-state index contributed by atoms with van der Waals surface area (Å²) < 4.78 is 6.03. The van der Waals surface area contributed by atoms with E-state index in [1.807, 2.05) is 59.5 Å². The van der Waals surface area contributed by atoms with E-state index in [9.17, 15) is 4.79 Å². The molecule has 0 saturated carbocycles. The van der Waals surface area contributed by atoms with Gasteiger partial charge in [0.15, 0.2) is 0 Å². The highest BCUT2D eigenvalue weighted by molar-refractivity contribution is 5.98. The first-order valence-corrected chi connectivity index (χ1v) is 9.52. The minimum atomic E-state index is 0.0418. The molecule has 4 aromatic rings. The summed E-state index contributed by atoms with van der Waals surface area (Å²) in [6, 6.07) is 17.6. The lowest BCUT2D eigenvalue weighted by atomic mass is 10.1. The smallest absolute Gasteiger partial charge is 0.270 e. The molecule has 1 N–H and O–H groups in total. The SMILES string of the molecule is O=C(c1cc2ccccc2[nH]1)N1CCC(Oc2cnc3ccccc3n2)CC1. The number of ether oxygens (including phenoxy) is 1. The van der Waals surface area contributed by atoms with Crippen molar-refractivity contribution in [2.45, 2.75) is 18.9 Å². The minimum Gasteiger partial charge on any atom is -0.473 e. The average Bonchev–Trinajstić information content (AvgIpc) is 3.18. The fourth-order valence-corrected chi connectivity index (χ4v) is 3.70. The van der Waals surface area contributed by atoms with Crippen LogP contribution in [0.1, 0.15) is 23.3 Å². The third kappa shape index (κ3) is 3.17. The predicted octanol–water partition coefficient (Wildman–Crippen LogP) is 3.79. The third-order valence-corrected chi connectivity index (χ3v) is 5.20. The van der Waals surface area contributed by atoms with Crippen LogP contribution in [0.25, 0.3) is 21.9 Å². The van der Waals surface area contributed by atoms with Crippen LogP contribution in [0.5, 0.6) is 5.88 Å². The molecular formula is C22H20N4O2. The zero-order chi connectivity index (χ0) is 18.9. The average molecular weight is 372 g/mol. The van der Waals surface area contributed by atoms with E-state index in [1.54, 1.807) is 6.20 Å². The number of carbonyl (C=O) groups excluding carboxylic acids is 1. The molecular weight excluding hydrogens is 352 g/mol. The highest BCUT2D eigenvalue weighted by atomic mass is 16.5. The van der Waals surface area contributed by atoms with Gasteiger partial charge in [0.2, 0.25) is 5.88 Å². The monoisotopic (exact) mass is 372 g/mol. The molecule has 1 amide bonds. The standard InChI is InChI=1S/C22H20N4O2/c27-22(20-13-15-5-1-2-6-17(15)24-20)26-11-9-16(10-12-26)28-21-14-23-18-7-3-4-8-19(18)25-21/h1-8,13-14,16,24H,9-12H2. The number of aromatic nitrogens is 3. The van der Waals surface area contributed by atoms with Crippen molar-refractivity contribution in [2.24, 2.45) is 0 Å². The molecule has 0 bridgehead atoms. The van der Waals surface area contributed by atoms with E-state index in [0.29, 0.717) is 24.7 Å². The van der Waals surface area contributed by atoms with Crippen molar-refractivity contribution >= 4 is 27.8 Å². The maximum absolute atomic E-state index is 12.8. The highest BCUT2D eigenvalue weighted by Crippen LogP contribution is 2.21. The largest absolute Gasteiger partial charge is 0.473 e. The third-order valence-electron chi connectivity index (χ3n) is 5.20. The second kappa shape index (κ2) is 6.96. The van der Waals surface area contributed by atoms with Crippen LogP contribution in [0.3, 0.4) is 0 Å². The van der Waals surface area contributed by atoms with Gasteiger partial charge in [-0.3, -0.25) is 4.79 Å². The quantitative estimate of drug-likeness (QED) is 0.594. The summed E-state index contributed by atoms with van der Waals surface area (Å²) >= 11 is 0. The van der Waals surface area contributed by atoms with Gasteiger partial charge in [0, 0.05) is 36.8 Å². The van der Waals surface area contributed by atoms with Crippen molar-refractivity contribution in [1.82, 2.24) is 19.9 Å². The van der Waals surface area contributed by atoms with Gasteiger partial charge in [-0.1, -0.05) is 30.3 Å². The maximum atomic E-state index is 12.8. The van der Waals surface area contributed by atoms with Crippen molar-refractivity contribution in [1.29, 1.82) is 0 Å². The Morgan fingerprint density at radius 1 is 1.04 bits per heavy atom. The van der Waals surface area contributed by atoms with E-state index < -0.39 is 0 Å². The van der Waals surface area contributed by atoms with E-state index in [-0.39, 0.29) is 12.0 Å². The number of H-pyrrole nitrogens is 1. The van der Waals surface area contributed by atoms with Crippen molar-refractivity contribution < 1.29 is 9.53 Å². The highest BCUT2D eigenvalue weighted by Gasteiger charge is 2.26. The summed E-state index contributed by atoms with van der Waals surface area (Å²) in [7, 11) is 0. The predicted molar refractivity (Wildman–Crippen MR) is 107 cm³/mol. The van der Waals surface area contributed by atoms with E-state index in [0.717, 1.165) is 34.8 Å². The molecule has 2 aromatic carbocycles. The molecule has 0 aliphatic carbocycles. The number of fused-ring (bicyclic) bond motifs is 2. The number of amides is 1. The number of rotatable bonds is 3. The number of nitrogens with zero attached hydrogens (tertiary/aromatic N) is 3. The van der Waals surface area contributed by atoms with E-state index in [4.69, 9.17) is 4.74 Å². The Bertz CT molecular complexity index is 1110. The van der Waals surface area contributed by atoms with Gasteiger partial charge in [-0.15, -0.1) is 0 Å². The van der Waals surface area contributed by atoms with Crippen LogP contribution in [0.15, 0.2) is 60.8 Å². The molecule has 1 aliphatic rings. The zero-order valence-corrected chi connectivity index (χ0v) is 15.3. The van der Waals surface area contributed by atoms with Crippen LogP contribution in [-0.2, 0) is 0 Å². The normalized spacial score (nSPS) is 15.2. The molecule has 6 nitrogen and oxygen atoms in total. The van der Waals surface area contributed by atoms with Gasteiger partial charge < -0.3 is 14.6 Å². The Balaban J connectivity index is 1.23. The number of para-hydroxylation sites is 3. The molecule has 0 unspecified atom stereocenters. The lowest BCUT2D eigenvalue weighted by molar-refractivity contribution is 0.0583. The molecule has 1 saturated heterocycles. The summed E-state index contributed by atoms with van der Waals surface area (Å²) in [6.45, 7) is 1.33. The maximum Gasteiger partial charge on any atom is 0.270 e. The number of hydrogen-bond donors (Lipinski definition) is 1. The summed E-state index contributed by atoms with van der Waals surface area (Å²) in [6.07, 6.45) is 3.27. The lowest BCUT2D eigenvalue weighted by Crippen LogP contribution is -2.42. The van der Waals surface area contributed by atoms with Crippen LogP contribution < -0.4 is 4.74 Å². The molecule has 1 fully saturated rings. The second-order valence-corrected chi connectivity index (χ2v) is 7.08. The summed E-state index contributed by atoms with van der Waals surface area (Å²) in [5.41, 5.74) is 3.31. The fourth-order valence-electron chi connectivity index (χ4n) is 3.70. The number of likely N-dealkylation sites (tertiary alicyclic amines) is 1. The first kappa shape index (κ1) is 16.7. The number of benzene rings is 2. The summed E-state index contributed by atoms with van der Waals surface area (Å²) in [5.74, 6) is 0.583. The van der Waals surface area contributed by atoms with Gasteiger partial charge in [-0.05, 0) is 24.3 Å². The molecule has 140 valence electrons. The first-order chi connectivity index (χ1) is 13.8. The number of carbonyl (C=O) groups is 1. The van der Waals surface area contributed by atoms with Crippen molar-refractivity contribution in [3.8, 4) is 5.88 Å². The fraction of sp³-hybridized carbons (Fsp3) is 0.227. The second-order valence-electron chi connectivity index (χ2n) is 7.08. The van der Waals surface area contributed by atoms with E-state index in [2.05, 4.69) is 15.0 Å². The van der Waals surface area contributed by atoms with Gasteiger partial charge in [-0.2, -0.15) is 0 Å². The molecule has 0 spiro atoms. The molecule has 3 heterocycles. The molecule has 0 atom stereocenters. The van der Waals surface area contributed by atoms with Crippen molar-refractivity contribution in [3.05, 3.63) is 66.5 Å². The van der Waals surface area contributed by atoms with Crippen molar-refractivity contribution in [2.75, 3.05) is 13.1 Å². The van der Waals surface area contributed by atoms with Crippen LogP contribution in [0, 0.1) is 0 Å². The Morgan fingerprint density at radius 3 is 2.61 bits per heavy atom. The number of hydrogen-bond acceptors (Lipinski definition) is 4. The Morgan fingerprint density at radius 2 is 1.79 bits per heavy atom. The molecule has 1 aliphatic heterocycles. The van der Waals surface area contributed by atoms with Crippen LogP contribution in [0.4, 0.5) is 0 Å². The molecule has 2 aromatic heterocycles. The van der Waals surface area contributed by atoms with Gasteiger partial charge in [-0.25, -0.2) is 9.97 Å². The van der Waals surface area contributed by atoms with E-state index >= 15 is 0 Å². The molecule has 0 radical (unpaired) electrons. The molecule has 28 heavy (non-hydrogen) atoms. The Labute approximate surface area is 162 Å². The lowest BCUT2D eigenvalue weighted by Gasteiger charge is -2.31. The number of nitrogens with one attached hydrogen (secondary N) is 1. The molecule has 6 heteroatoms. The Kier molecular flexibility index (Phi) is 4.16. The van der Waals surface area contributed by atoms with Crippen LogP contribution in [-0.4, -0.2) is 45.0 Å². The molecule has 5 rings (SSSR count). The first-order valence-electron chi connectivity index (χ1n) is 9.52. The summed E-state index contributed by atoms with van der Waals surface area (Å²) in [5, 5.41) is 1.05. The van der Waals surface area contributed by atoms with Crippen molar-refractivity contribution in [3.63, 3.8) is 0 Å². The zero-order valence-electron chi connectivity index (χ0n) is 15.3. The van der Waals surface area contributed by atoms with Crippen LogP contribution >= 0.6 is 0 Å². The van der Waals surface area contributed by atoms with Crippen LogP contribution in [0.2, 0.25) is 0 Å². The van der Waals surface area contributed by atoms with E-state index in [1.165, 1.54) is 0 Å². The van der Waals surface area contributed by atoms with Gasteiger partial charge in [0.25, 0.3) is 5.91 Å². The topological polar surface area (TPSA) is 71.1 Å².